The third-order valence-electron chi connectivity index (χ3n) is 3.65. The first-order valence-corrected chi connectivity index (χ1v) is 7.81. The highest BCUT2D eigenvalue weighted by Crippen LogP contribution is 2.12. The first-order valence-electron chi connectivity index (χ1n) is 7.81. The molecule has 24 heavy (non-hydrogen) atoms. The maximum Gasteiger partial charge on any atom is 0.253 e. The molecule has 0 aliphatic carbocycles. The predicted molar refractivity (Wildman–Crippen MR) is 95.9 cm³/mol. The van der Waals surface area contributed by atoms with Crippen LogP contribution < -0.4 is 5.32 Å². The number of nitrogens with one attached hydrogen (secondary N) is 1. The van der Waals surface area contributed by atoms with Crippen molar-refractivity contribution in [3.05, 3.63) is 65.7 Å². The Balaban J connectivity index is 1.91. The summed E-state index contributed by atoms with van der Waals surface area (Å²) in [4.78, 5) is 27.4. The van der Waals surface area contributed by atoms with Crippen molar-refractivity contribution in [3.8, 4) is 0 Å². The molecule has 1 N–H and O–H groups in total. The molecule has 0 spiro atoms. The second kappa shape index (κ2) is 8.15. The molecule has 0 aliphatic rings. The van der Waals surface area contributed by atoms with E-state index in [0.29, 0.717) is 12.1 Å². The molecule has 0 fully saturated rings. The Kier molecular flexibility index (Phi) is 5.95. The highest BCUT2D eigenvalue weighted by molar-refractivity contribution is 5.95. The number of carbonyl (C=O) groups is 2. The smallest absolute Gasteiger partial charge is 0.253 e. The largest absolute Gasteiger partial charge is 0.376 e. The van der Waals surface area contributed by atoms with Gasteiger partial charge in [-0.1, -0.05) is 36.4 Å². The first-order chi connectivity index (χ1) is 11.5. The molecule has 0 atom stereocenters. The normalized spacial score (nSPS) is 10.1. The quantitative estimate of drug-likeness (QED) is 0.887. The third-order valence-corrected chi connectivity index (χ3v) is 3.65. The molecular formula is C19H23N3O2. The first kappa shape index (κ1) is 17.5. The van der Waals surface area contributed by atoms with E-state index in [-0.39, 0.29) is 18.4 Å². The van der Waals surface area contributed by atoms with Crippen LogP contribution in [0.1, 0.15) is 15.9 Å². The van der Waals surface area contributed by atoms with Gasteiger partial charge in [0.2, 0.25) is 5.91 Å². The number of nitrogens with zero attached hydrogens (tertiary/aromatic N) is 2. The number of likely N-dealkylation sites (N-methyl/N-ethyl adjacent to an activating group) is 1. The molecule has 126 valence electrons. The van der Waals surface area contributed by atoms with E-state index in [2.05, 4.69) is 5.32 Å². The van der Waals surface area contributed by atoms with Crippen molar-refractivity contribution in [2.24, 2.45) is 0 Å². The summed E-state index contributed by atoms with van der Waals surface area (Å²) in [5.41, 5.74) is 2.44. The van der Waals surface area contributed by atoms with E-state index in [0.717, 1.165) is 11.3 Å². The van der Waals surface area contributed by atoms with E-state index >= 15 is 0 Å². The lowest BCUT2D eigenvalue weighted by Gasteiger charge is -2.18. The molecule has 0 aromatic heterocycles. The summed E-state index contributed by atoms with van der Waals surface area (Å²) < 4.78 is 0. The predicted octanol–water partition coefficient (Wildman–Crippen LogP) is 2.46. The lowest BCUT2D eigenvalue weighted by atomic mass is 10.2. The molecule has 2 rings (SSSR count). The summed E-state index contributed by atoms with van der Waals surface area (Å²) in [6, 6.07) is 17.0. The Labute approximate surface area is 142 Å². The van der Waals surface area contributed by atoms with Crippen molar-refractivity contribution >= 4 is 17.5 Å². The van der Waals surface area contributed by atoms with Crippen molar-refractivity contribution in [2.45, 2.75) is 6.54 Å². The SMILES string of the molecule is CN(C)C(=O)c1cccc(NCC(=O)N(C)Cc2ccccc2)c1. The number of anilines is 1. The molecule has 0 bridgehead atoms. The average molecular weight is 325 g/mol. The summed E-state index contributed by atoms with van der Waals surface area (Å²) in [6.07, 6.45) is 0. The van der Waals surface area contributed by atoms with Crippen molar-refractivity contribution in [2.75, 3.05) is 33.0 Å². The highest BCUT2D eigenvalue weighted by atomic mass is 16.2. The van der Waals surface area contributed by atoms with E-state index in [1.54, 1.807) is 44.2 Å². The average Bonchev–Trinajstić information content (AvgIpc) is 2.60. The van der Waals surface area contributed by atoms with Gasteiger partial charge in [-0.25, -0.2) is 0 Å². The van der Waals surface area contributed by atoms with Crippen LogP contribution in [0.25, 0.3) is 0 Å². The van der Waals surface area contributed by atoms with E-state index in [4.69, 9.17) is 0 Å². The third kappa shape index (κ3) is 4.84. The molecule has 0 unspecified atom stereocenters. The summed E-state index contributed by atoms with van der Waals surface area (Å²) in [6.45, 7) is 0.753. The van der Waals surface area contributed by atoms with Crippen molar-refractivity contribution in [1.29, 1.82) is 0 Å². The number of amides is 2. The molecule has 2 amide bonds. The van der Waals surface area contributed by atoms with Crippen LogP contribution in [-0.2, 0) is 11.3 Å². The maximum atomic E-state index is 12.2. The standard InChI is InChI=1S/C19H23N3O2/c1-21(2)19(24)16-10-7-11-17(12-16)20-13-18(23)22(3)14-15-8-5-4-6-9-15/h4-12,20H,13-14H2,1-3H3. The fourth-order valence-electron chi connectivity index (χ4n) is 2.28. The van der Waals surface area contributed by atoms with E-state index < -0.39 is 0 Å². The van der Waals surface area contributed by atoms with Gasteiger partial charge in [0.15, 0.2) is 0 Å². The Hall–Kier alpha value is -2.82. The van der Waals surface area contributed by atoms with Crippen LogP contribution in [0.5, 0.6) is 0 Å². The van der Waals surface area contributed by atoms with Crippen LogP contribution >= 0.6 is 0 Å². The van der Waals surface area contributed by atoms with Gasteiger partial charge in [0.25, 0.3) is 5.91 Å². The van der Waals surface area contributed by atoms with E-state index in [1.807, 2.05) is 36.4 Å². The molecule has 5 heteroatoms. The fraction of sp³-hybridized carbons (Fsp3) is 0.263. The minimum atomic E-state index is -0.0637. The van der Waals surface area contributed by atoms with Crippen LogP contribution in [0.15, 0.2) is 54.6 Å². The lowest BCUT2D eigenvalue weighted by Crippen LogP contribution is -2.31. The van der Waals surface area contributed by atoms with Crippen LogP contribution in [0, 0.1) is 0 Å². The second-order valence-corrected chi connectivity index (χ2v) is 5.87. The Morgan fingerprint density at radius 3 is 2.33 bits per heavy atom. The summed E-state index contributed by atoms with van der Waals surface area (Å²) in [5.74, 6) is -0.0747. The number of rotatable bonds is 6. The van der Waals surface area contributed by atoms with E-state index in [1.165, 1.54) is 4.90 Å². The Bertz CT molecular complexity index is 699. The number of hydrogen-bond acceptors (Lipinski definition) is 3. The molecule has 0 heterocycles. The molecule has 0 saturated heterocycles. The van der Waals surface area contributed by atoms with Gasteiger partial charge in [-0.05, 0) is 23.8 Å². The molecule has 0 saturated carbocycles. The van der Waals surface area contributed by atoms with Crippen LogP contribution in [0.4, 0.5) is 5.69 Å². The van der Waals surface area contributed by atoms with Gasteiger partial charge >= 0.3 is 0 Å². The molecule has 0 radical (unpaired) electrons. The van der Waals surface area contributed by atoms with Gasteiger partial charge in [0.1, 0.15) is 0 Å². The highest BCUT2D eigenvalue weighted by Gasteiger charge is 2.11. The van der Waals surface area contributed by atoms with Gasteiger partial charge in [0, 0.05) is 38.9 Å². The van der Waals surface area contributed by atoms with Crippen molar-refractivity contribution < 1.29 is 9.59 Å². The van der Waals surface area contributed by atoms with Crippen LogP contribution in [0.2, 0.25) is 0 Å². The van der Waals surface area contributed by atoms with Gasteiger partial charge in [0.05, 0.1) is 6.54 Å². The summed E-state index contributed by atoms with van der Waals surface area (Å²) in [5, 5.41) is 3.08. The van der Waals surface area contributed by atoms with Crippen LogP contribution in [-0.4, -0.2) is 49.3 Å². The zero-order valence-electron chi connectivity index (χ0n) is 14.3. The fourth-order valence-corrected chi connectivity index (χ4v) is 2.28. The van der Waals surface area contributed by atoms with Gasteiger partial charge in [-0.2, -0.15) is 0 Å². The van der Waals surface area contributed by atoms with Crippen LogP contribution in [0.3, 0.4) is 0 Å². The summed E-state index contributed by atoms with van der Waals surface area (Å²) >= 11 is 0. The number of hydrogen-bond donors (Lipinski definition) is 1. The monoisotopic (exact) mass is 325 g/mol. The minimum absolute atomic E-state index is 0.0109. The maximum absolute atomic E-state index is 12.2. The number of benzene rings is 2. The number of carbonyl (C=O) groups excluding carboxylic acids is 2. The minimum Gasteiger partial charge on any atom is -0.376 e. The summed E-state index contributed by atoms with van der Waals surface area (Å²) in [7, 11) is 5.21. The molecule has 2 aromatic carbocycles. The van der Waals surface area contributed by atoms with Gasteiger partial charge in [-0.15, -0.1) is 0 Å². The van der Waals surface area contributed by atoms with Gasteiger partial charge in [-0.3, -0.25) is 9.59 Å². The Morgan fingerprint density at radius 1 is 0.958 bits per heavy atom. The molecular weight excluding hydrogens is 302 g/mol. The molecule has 2 aromatic rings. The molecule has 5 nitrogen and oxygen atoms in total. The van der Waals surface area contributed by atoms with Crippen molar-refractivity contribution in [1.82, 2.24) is 9.80 Å². The second-order valence-electron chi connectivity index (χ2n) is 5.87. The van der Waals surface area contributed by atoms with E-state index in [9.17, 15) is 9.59 Å². The topological polar surface area (TPSA) is 52.7 Å². The van der Waals surface area contributed by atoms with Crippen molar-refractivity contribution in [3.63, 3.8) is 0 Å². The lowest BCUT2D eigenvalue weighted by molar-refractivity contribution is -0.128. The van der Waals surface area contributed by atoms with Gasteiger partial charge < -0.3 is 15.1 Å². The molecule has 0 aliphatic heterocycles. The zero-order valence-corrected chi connectivity index (χ0v) is 14.3. The Morgan fingerprint density at radius 2 is 1.67 bits per heavy atom. The zero-order chi connectivity index (χ0) is 17.5.